The number of hydrogen-bond acceptors (Lipinski definition) is 3. The zero-order chi connectivity index (χ0) is 15.2. The van der Waals surface area contributed by atoms with Crippen molar-refractivity contribution < 1.29 is 33.0 Å². The summed E-state index contributed by atoms with van der Waals surface area (Å²) in [4.78, 5) is 23.6. The number of carboxylic acids is 1. The van der Waals surface area contributed by atoms with Crippen molar-refractivity contribution in [2.75, 3.05) is 26.2 Å². The molecule has 0 aromatic heterocycles. The molecule has 0 unspecified atom stereocenters. The first kappa shape index (κ1) is 17.5. The average Bonchev–Trinajstić information content (AvgIpc) is 2.22. The Labute approximate surface area is 108 Å². The maximum Gasteiger partial charge on any atom is 0.406 e. The fourth-order valence-corrected chi connectivity index (χ4v) is 1.38. The minimum atomic E-state index is -4.61. The van der Waals surface area contributed by atoms with Gasteiger partial charge in [-0.25, -0.2) is 4.79 Å². The number of carbonyl (C=O) groups excluding carboxylic acids is 1. The smallest absolute Gasteiger partial charge is 0.406 e. The second kappa shape index (κ2) is 7.17. The van der Waals surface area contributed by atoms with Gasteiger partial charge in [0.2, 0.25) is 0 Å². The number of nitrogens with zero attached hydrogens (tertiary/aromatic N) is 2. The van der Waals surface area contributed by atoms with Gasteiger partial charge in [0.05, 0.1) is 6.61 Å². The van der Waals surface area contributed by atoms with Gasteiger partial charge >= 0.3 is 18.2 Å². The van der Waals surface area contributed by atoms with Crippen LogP contribution in [0.1, 0.15) is 13.8 Å². The van der Waals surface area contributed by atoms with E-state index in [9.17, 15) is 22.8 Å². The first-order chi connectivity index (χ1) is 8.58. The van der Waals surface area contributed by atoms with E-state index in [1.807, 2.05) is 0 Å². The standard InChI is InChI=1S/C10H17F3N2O4/c1-7(2)15(5-8(17)18)9(19)14(3-4-16)6-10(11,12)13/h7,16H,3-6H2,1-2H3,(H,17,18). The van der Waals surface area contributed by atoms with Gasteiger partial charge in [0.15, 0.2) is 0 Å². The summed E-state index contributed by atoms with van der Waals surface area (Å²) in [5.74, 6) is -1.32. The summed E-state index contributed by atoms with van der Waals surface area (Å²) in [7, 11) is 0. The second-order valence-corrected chi connectivity index (χ2v) is 4.16. The maximum atomic E-state index is 12.3. The van der Waals surface area contributed by atoms with Crippen molar-refractivity contribution in [3.05, 3.63) is 0 Å². The van der Waals surface area contributed by atoms with Gasteiger partial charge in [0.25, 0.3) is 0 Å². The average molecular weight is 286 g/mol. The molecule has 0 aromatic carbocycles. The lowest BCUT2D eigenvalue weighted by Crippen LogP contribution is -2.51. The van der Waals surface area contributed by atoms with Crippen LogP contribution in [0.25, 0.3) is 0 Å². The van der Waals surface area contributed by atoms with E-state index in [-0.39, 0.29) is 0 Å². The first-order valence-corrected chi connectivity index (χ1v) is 5.53. The van der Waals surface area contributed by atoms with Crippen LogP contribution in [0.3, 0.4) is 0 Å². The van der Waals surface area contributed by atoms with Gasteiger partial charge in [-0.3, -0.25) is 4.79 Å². The topological polar surface area (TPSA) is 81.1 Å². The van der Waals surface area contributed by atoms with E-state index in [1.54, 1.807) is 0 Å². The number of amides is 2. The molecule has 0 fully saturated rings. The number of halogens is 3. The molecule has 0 radical (unpaired) electrons. The SMILES string of the molecule is CC(C)N(CC(=O)O)C(=O)N(CCO)CC(F)(F)F. The van der Waals surface area contributed by atoms with Crippen LogP contribution < -0.4 is 0 Å². The zero-order valence-corrected chi connectivity index (χ0v) is 10.6. The van der Waals surface area contributed by atoms with E-state index in [0.29, 0.717) is 4.90 Å². The highest BCUT2D eigenvalue weighted by atomic mass is 19.4. The van der Waals surface area contributed by atoms with Crippen LogP contribution in [-0.4, -0.2) is 70.5 Å². The number of hydrogen-bond donors (Lipinski definition) is 2. The van der Waals surface area contributed by atoms with E-state index in [4.69, 9.17) is 10.2 Å². The molecule has 0 aliphatic rings. The molecule has 0 saturated heterocycles. The third-order valence-electron chi connectivity index (χ3n) is 2.19. The van der Waals surface area contributed by atoms with E-state index in [0.717, 1.165) is 4.90 Å². The molecule has 0 spiro atoms. The first-order valence-electron chi connectivity index (χ1n) is 5.53. The molecule has 9 heteroatoms. The van der Waals surface area contributed by atoms with E-state index < -0.39 is 50.5 Å². The van der Waals surface area contributed by atoms with E-state index >= 15 is 0 Å². The van der Waals surface area contributed by atoms with Crippen molar-refractivity contribution in [1.82, 2.24) is 9.80 Å². The minimum Gasteiger partial charge on any atom is -0.480 e. The van der Waals surface area contributed by atoms with Gasteiger partial charge in [-0.2, -0.15) is 13.2 Å². The molecule has 2 amide bonds. The Hall–Kier alpha value is -1.51. The van der Waals surface area contributed by atoms with Crippen LogP contribution in [0, 0.1) is 0 Å². The van der Waals surface area contributed by atoms with Crippen molar-refractivity contribution in [3.8, 4) is 0 Å². The Bertz CT molecular complexity index is 320. The quantitative estimate of drug-likeness (QED) is 0.755. The normalized spacial score (nSPS) is 11.5. The van der Waals surface area contributed by atoms with Crippen LogP contribution in [0.4, 0.5) is 18.0 Å². The number of aliphatic carboxylic acids is 1. The summed E-state index contributed by atoms with van der Waals surface area (Å²) in [5, 5.41) is 17.3. The van der Waals surface area contributed by atoms with Crippen LogP contribution >= 0.6 is 0 Å². The molecule has 0 saturated carbocycles. The summed E-state index contributed by atoms with van der Waals surface area (Å²) < 4.78 is 36.9. The predicted octanol–water partition coefficient (Wildman–Crippen LogP) is 0.758. The molecule has 0 bridgehead atoms. The minimum absolute atomic E-state index is 0.378. The Morgan fingerprint density at radius 1 is 1.26 bits per heavy atom. The van der Waals surface area contributed by atoms with Crippen LogP contribution in [0.5, 0.6) is 0 Å². The van der Waals surface area contributed by atoms with Crippen LogP contribution in [0.2, 0.25) is 0 Å². The fraction of sp³-hybridized carbons (Fsp3) is 0.800. The summed E-state index contributed by atoms with van der Waals surface area (Å²) in [6, 6.07) is -1.64. The summed E-state index contributed by atoms with van der Waals surface area (Å²) >= 11 is 0. The maximum absolute atomic E-state index is 12.3. The van der Waals surface area contributed by atoms with Crippen LogP contribution in [0.15, 0.2) is 0 Å². The number of alkyl halides is 3. The number of urea groups is 1. The predicted molar refractivity (Wildman–Crippen MR) is 59.6 cm³/mol. The lowest BCUT2D eigenvalue weighted by atomic mass is 10.3. The molecule has 2 N–H and O–H groups in total. The number of aliphatic hydroxyl groups excluding tert-OH is 1. The second-order valence-electron chi connectivity index (χ2n) is 4.16. The van der Waals surface area contributed by atoms with Gasteiger partial charge in [-0.15, -0.1) is 0 Å². The third-order valence-corrected chi connectivity index (χ3v) is 2.19. The largest absolute Gasteiger partial charge is 0.480 e. The lowest BCUT2D eigenvalue weighted by molar-refractivity contribution is -0.143. The Kier molecular flexibility index (Phi) is 6.60. The fourth-order valence-electron chi connectivity index (χ4n) is 1.38. The molecule has 0 aromatic rings. The van der Waals surface area contributed by atoms with Crippen molar-refractivity contribution in [3.63, 3.8) is 0 Å². The van der Waals surface area contributed by atoms with Crippen molar-refractivity contribution >= 4 is 12.0 Å². The summed E-state index contributed by atoms with van der Waals surface area (Å²) in [6.07, 6.45) is -4.61. The van der Waals surface area contributed by atoms with Crippen LogP contribution in [-0.2, 0) is 4.79 Å². The van der Waals surface area contributed by atoms with Gasteiger partial charge in [0, 0.05) is 12.6 Å². The summed E-state index contributed by atoms with van der Waals surface area (Å²) in [6.45, 7) is -0.398. The molecule has 0 rings (SSSR count). The van der Waals surface area contributed by atoms with Crippen molar-refractivity contribution in [1.29, 1.82) is 0 Å². The highest BCUT2D eigenvalue weighted by Crippen LogP contribution is 2.18. The van der Waals surface area contributed by atoms with E-state index in [2.05, 4.69) is 0 Å². The Morgan fingerprint density at radius 2 is 1.79 bits per heavy atom. The highest BCUT2D eigenvalue weighted by molar-refractivity contribution is 5.80. The van der Waals surface area contributed by atoms with E-state index in [1.165, 1.54) is 13.8 Å². The number of carboxylic acid groups (broad SMARTS) is 1. The van der Waals surface area contributed by atoms with Gasteiger partial charge < -0.3 is 20.0 Å². The number of carbonyl (C=O) groups is 2. The third kappa shape index (κ3) is 6.85. The number of rotatable bonds is 6. The monoisotopic (exact) mass is 286 g/mol. The molecule has 0 atom stereocenters. The van der Waals surface area contributed by atoms with Crippen molar-refractivity contribution in [2.24, 2.45) is 0 Å². The molecule has 0 aliphatic carbocycles. The molecule has 0 aliphatic heterocycles. The van der Waals surface area contributed by atoms with Gasteiger partial charge in [0.1, 0.15) is 13.1 Å². The Morgan fingerprint density at radius 3 is 2.11 bits per heavy atom. The Balaban J connectivity index is 4.97. The van der Waals surface area contributed by atoms with Gasteiger partial charge in [-0.1, -0.05) is 0 Å². The number of aliphatic hydroxyl groups is 1. The molecule has 112 valence electrons. The molecular weight excluding hydrogens is 269 g/mol. The lowest BCUT2D eigenvalue weighted by Gasteiger charge is -2.32. The molecule has 6 nitrogen and oxygen atoms in total. The molecule has 19 heavy (non-hydrogen) atoms. The summed E-state index contributed by atoms with van der Waals surface area (Å²) in [5.41, 5.74) is 0. The van der Waals surface area contributed by atoms with Crippen molar-refractivity contribution in [2.45, 2.75) is 26.1 Å². The zero-order valence-electron chi connectivity index (χ0n) is 10.6. The highest BCUT2D eigenvalue weighted by Gasteiger charge is 2.35. The van der Waals surface area contributed by atoms with Gasteiger partial charge in [-0.05, 0) is 13.8 Å². The molecule has 0 heterocycles. The molecular formula is C10H17F3N2O4.